The van der Waals surface area contributed by atoms with Crippen molar-refractivity contribution in [3.05, 3.63) is 47.4 Å². The molecule has 0 radical (unpaired) electrons. The molecule has 1 fully saturated rings. The zero-order chi connectivity index (χ0) is 20.5. The predicted octanol–water partition coefficient (Wildman–Crippen LogP) is 7.55. The Balaban J connectivity index is 1.51. The third-order valence-corrected chi connectivity index (χ3v) is 6.72. The van der Waals surface area contributed by atoms with E-state index in [-0.39, 0.29) is 5.82 Å². The summed E-state index contributed by atoms with van der Waals surface area (Å²) in [4.78, 5) is 0. The van der Waals surface area contributed by atoms with E-state index in [1.54, 1.807) is 6.07 Å². The lowest BCUT2D eigenvalue weighted by Gasteiger charge is -2.27. The number of hydrogen-bond acceptors (Lipinski definition) is 2. The number of benzene rings is 1. The average Bonchev–Trinajstić information content (AvgIpc) is 2.77. The SMILES string of the molecule is CCCCCCc1ccc(-c2ccc(CCC3CCC(CC)CC3)nn2)cc1F. The number of rotatable bonds is 10. The second-order valence-electron chi connectivity index (χ2n) is 8.86. The van der Waals surface area contributed by atoms with Crippen LogP contribution in [0.2, 0.25) is 0 Å². The van der Waals surface area contributed by atoms with Gasteiger partial charge in [0.05, 0.1) is 11.4 Å². The Labute approximate surface area is 176 Å². The van der Waals surface area contributed by atoms with E-state index in [1.807, 2.05) is 18.2 Å². The van der Waals surface area contributed by atoms with Crippen molar-refractivity contribution in [2.45, 2.75) is 90.9 Å². The Morgan fingerprint density at radius 3 is 2.31 bits per heavy atom. The van der Waals surface area contributed by atoms with Gasteiger partial charge in [-0.2, -0.15) is 10.2 Å². The topological polar surface area (TPSA) is 25.8 Å². The minimum Gasteiger partial charge on any atom is -0.207 e. The molecule has 1 aliphatic carbocycles. The number of hydrogen-bond donors (Lipinski definition) is 0. The summed E-state index contributed by atoms with van der Waals surface area (Å²) in [6.07, 6.45) is 14.5. The van der Waals surface area contributed by atoms with Gasteiger partial charge in [0.1, 0.15) is 5.82 Å². The van der Waals surface area contributed by atoms with Crippen molar-refractivity contribution in [2.75, 3.05) is 0 Å². The fraction of sp³-hybridized carbons (Fsp3) is 0.615. The van der Waals surface area contributed by atoms with E-state index >= 15 is 0 Å². The normalized spacial score (nSPS) is 19.4. The highest BCUT2D eigenvalue weighted by atomic mass is 19.1. The third-order valence-electron chi connectivity index (χ3n) is 6.72. The van der Waals surface area contributed by atoms with Crippen LogP contribution < -0.4 is 0 Å². The van der Waals surface area contributed by atoms with Crippen molar-refractivity contribution in [1.82, 2.24) is 10.2 Å². The summed E-state index contributed by atoms with van der Waals surface area (Å²) in [6, 6.07) is 9.57. The van der Waals surface area contributed by atoms with Gasteiger partial charge in [-0.25, -0.2) is 4.39 Å². The van der Waals surface area contributed by atoms with Gasteiger partial charge in [-0.15, -0.1) is 0 Å². The van der Waals surface area contributed by atoms with Crippen LogP contribution in [-0.2, 0) is 12.8 Å². The largest absolute Gasteiger partial charge is 0.207 e. The monoisotopic (exact) mass is 396 g/mol. The highest BCUT2D eigenvalue weighted by molar-refractivity contribution is 5.59. The van der Waals surface area contributed by atoms with Crippen molar-refractivity contribution in [2.24, 2.45) is 11.8 Å². The summed E-state index contributed by atoms with van der Waals surface area (Å²) in [5.74, 6) is 1.68. The molecule has 0 saturated heterocycles. The molecule has 0 amide bonds. The third kappa shape index (κ3) is 6.62. The highest BCUT2D eigenvalue weighted by Crippen LogP contribution is 2.33. The van der Waals surface area contributed by atoms with Gasteiger partial charge < -0.3 is 0 Å². The van der Waals surface area contributed by atoms with Crippen LogP contribution in [0.15, 0.2) is 30.3 Å². The molecule has 3 heteroatoms. The van der Waals surface area contributed by atoms with E-state index in [1.165, 1.54) is 57.8 Å². The second kappa shape index (κ2) is 11.4. The number of halogens is 1. The molecule has 2 aromatic rings. The smallest absolute Gasteiger partial charge is 0.127 e. The lowest BCUT2D eigenvalue weighted by molar-refractivity contribution is 0.258. The first-order valence-corrected chi connectivity index (χ1v) is 11.8. The Hall–Kier alpha value is -1.77. The Kier molecular flexibility index (Phi) is 8.64. The van der Waals surface area contributed by atoms with Gasteiger partial charge in [-0.05, 0) is 61.3 Å². The molecule has 158 valence electrons. The first-order chi connectivity index (χ1) is 14.2. The number of unbranched alkanes of at least 4 members (excludes halogenated alkanes) is 3. The van der Waals surface area contributed by atoms with Crippen molar-refractivity contribution < 1.29 is 4.39 Å². The van der Waals surface area contributed by atoms with Crippen LogP contribution in [0.5, 0.6) is 0 Å². The maximum Gasteiger partial charge on any atom is 0.127 e. The number of nitrogens with zero attached hydrogens (tertiary/aromatic N) is 2. The summed E-state index contributed by atoms with van der Waals surface area (Å²) < 4.78 is 14.5. The van der Waals surface area contributed by atoms with Crippen LogP contribution in [0.3, 0.4) is 0 Å². The van der Waals surface area contributed by atoms with Crippen molar-refractivity contribution in [1.29, 1.82) is 0 Å². The molecule has 0 spiro atoms. The van der Waals surface area contributed by atoms with Gasteiger partial charge in [-0.3, -0.25) is 0 Å². The maximum atomic E-state index is 14.5. The molecule has 1 aromatic heterocycles. The molecule has 0 aliphatic heterocycles. The molecule has 1 aromatic carbocycles. The molecule has 0 unspecified atom stereocenters. The fourth-order valence-electron chi connectivity index (χ4n) is 4.58. The standard InChI is InChI=1S/C26H37FN2/c1-3-5-6-7-8-22-14-15-23(19-25(22)27)26-18-17-24(28-29-26)16-13-21-11-9-20(4-2)10-12-21/h14-15,17-21H,3-13,16H2,1-2H3. The van der Waals surface area contributed by atoms with Crippen molar-refractivity contribution >= 4 is 0 Å². The average molecular weight is 397 g/mol. The van der Waals surface area contributed by atoms with Gasteiger partial charge in [0.25, 0.3) is 0 Å². The summed E-state index contributed by atoms with van der Waals surface area (Å²) >= 11 is 0. The summed E-state index contributed by atoms with van der Waals surface area (Å²) in [6.45, 7) is 4.51. The van der Waals surface area contributed by atoms with Gasteiger partial charge in [0.15, 0.2) is 0 Å². The summed E-state index contributed by atoms with van der Waals surface area (Å²) in [5.41, 5.74) is 3.44. The van der Waals surface area contributed by atoms with E-state index in [0.717, 1.165) is 53.6 Å². The van der Waals surface area contributed by atoms with Crippen LogP contribution in [-0.4, -0.2) is 10.2 Å². The van der Waals surface area contributed by atoms with Gasteiger partial charge in [0, 0.05) is 5.56 Å². The zero-order valence-corrected chi connectivity index (χ0v) is 18.3. The Bertz CT molecular complexity index is 733. The molecule has 1 heterocycles. The molecule has 0 N–H and O–H groups in total. The van der Waals surface area contributed by atoms with Crippen molar-refractivity contribution in [3.8, 4) is 11.3 Å². The Morgan fingerprint density at radius 1 is 0.862 bits per heavy atom. The van der Waals surface area contributed by atoms with E-state index in [2.05, 4.69) is 30.1 Å². The fourth-order valence-corrected chi connectivity index (χ4v) is 4.58. The molecule has 1 saturated carbocycles. The molecular formula is C26H37FN2. The lowest BCUT2D eigenvalue weighted by atomic mass is 9.79. The summed E-state index contributed by atoms with van der Waals surface area (Å²) in [7, 11) is 0. The van der Waals surface area contributed by atoms with Crippen LogP contribution in [0, 0.1) is 17.7 Å². The van der Waals surface area contributed by atoms with E-state index < -0.39 is 0 Å². The predicted molar refractivity (Wildman–Crippen MR) is 119 cm³/mol. The van der Waals surface area contributed by atoms with E-state index in [4.69, 9.17) is 0 Å². The Morgan fingerprint density at radius 2 is 1.66 bits per heavy atom. The minimum atomic E-state index is -0.118. The quantitative estimate of drug-likeness (QED) is 0.387. The molecule has 1 aliphatic rings. The van der Waals surface area contributed by atoms with E-state index in [0.29, 0.717) is 0 Å². The molecule has 3 rings (SSSR count). The molecule has 0 atom stereocenters. The molecule has 0 bridgehead atoms. The van der Waals surface area contributed by atoms with Crippen LogP contribution in [0.1, 0.15) is 89.3 Å². The summed E-state index contributed by atoms with van der Waals surface area (Å²) in [5, 5.41) is 8.80. The molecular weight excluding hydrogens is 359 g/mol. The van der Waals surface area contributed by atoms with Crippen LogP contribution in [0.25, 0.3) is 11.3 Å². The van der Waals surface area contributed by atoms with Crippen LogP contribution in [0.4, 0.5) is 4.39 Å². The lowest BCUT2D eigenvalue weighted by Crippen LogP contribution is -2.14. The molecule has 2 nitrogen and oxygen atoms in total. The maximum absolute atomic E-state index is 14.5. The number of aromatic nitrogens is 2. The van der Waals surface area contributed by atoms with Gasteiger partial charge in [-0.1, -0.05) is 77.3 Å². The van der Waals surface area contributed by atoms with Gasteiger partial charge in [0.2, 0.25) is 0 Å². The van der Waals surface area contributed by atoms with Crippen LogP contribution >= 0.6 is 0 Å². The van der Waals surface area contributed by atoms with Gasteiger partial charge >= 0.3 is 0 Å². The highest BCUT2D eigenvalue weighted by Gasteiger charge is 2.19. The van der Waals surface area contributed by atoms with Crippen molar-refractivity contribution in [3.63, 3.8) is 0 Å². The number of aryl methyl sites for hydroxylation is 2. The minimum absolute atomic E-state index is 0.118. The first kappa shape index (κ1) is 21.9. The molecule has 29 heavy (non-hydrogen) atoms. The zero-order valence-electron chi connectivity index (χ0n) is 18.3. The van der Waals surface area contributed by atoms with E-state index in [9.17, 15) is 4.39 Å². The second-order valence-corrected chi connectivity index (χ2v) is 8.86. The first-order valence-electron chi connectivity index (χ1n) is 11.8.